The highest BCUT2D eigenvalue weighted by molar-refractivity contribution is 6.01. The van der Waals surface area contributed by atoms with Crippen LogP contribution in [0.1, 0.15) is 5.56 Å². The lowest BCUT2D eigenvalue weighted by Gasteiger charge is -2.21. The van der Waals surface area contributed by atoms with Gasteiger partial charge in [0.05, 0.1) is 0 Å². The molecule has 1 N–H and O–H groups in total. The number of nitrogens with zero attached hydrogens (tertiary/aromatic N) is 1. The first-order valence-electron chi connectivity index (χ1n) is 5.99. The normalized spacial score (nSPS) is 9.53. The molecule has 1 aromatic carbocycles. The summed E-state index contributed by atoms with van der Waals surface area (Å²) in [6.45, 7) is 9.56. The molecular formula is C15H18N2O2. The molecule has 0 aromatic heterocycles. The maximum Gasteiger partial charge on any atom is 0.250 e. The minimum Gasteiger partial charge on any atom is -0.351 e. The van der Waals surface area contributed by atoms with Crippen molar-refractivity contribution in [2.75, 3.05) is 18.0 Å². The van der Waals surface area contributed by atoms with Crippen molar-refractivity contribution in [3.63, 3.8) is 0 Å². The van der Waals surface area contributed by atoms with Crippen LogP contribution < -0.4 is 10.2 Å². The van der Waals surface area contributed by atoms with Crippen molar-refractivity contribution in [3.8, 4) is 0 Å². The van der Waals surface area contributed by atoms with Gasteiger partial charge in [0.15, 0.2) is 0 Å². The molecule has 0 aliphatic rings. The Morgan fingerprint density at radius 3 is 2.63 bits per heavy atom. The average molecular weight is 258 g/mol. The van der Waals surface area contributed by atoms with Gasteiger partial charge in [-0.15, -0.1) is 0 Å². The fourth-order valence-electron chi connectivity index (χ4n) is 1.64. The van der Waals surface area contributed by atoms with Gasteiger partial charge in [-0.25, -0.2) is 0 Å². The molecule has 0 radical (unpaired) electrons. The standard InChI is InChI=1S/C15H18N2O2/c1-4-14(18)16-9-10-17(15(19)5-2)13-8-6-7-12(3)11-13/h4-8,11H,1-2,9-10H2,3H3,(H,16,18). The molecule has 0 unspecified atom stereocenters. The van der Waals surface area contributed by atoms with Crippen molar-refractivity contribution in [1.82, 2.24) is 5.32 Å². The summed E-state index contributed by atoms with van der Waals surface area (Å²) in [4.78, 5) is 24.5. The lowest BCUT2D eigenvalue weighted by atomic mass is 10.2. The first-order chi connectivity index (χ1) is 9.08. The molecule has 0 fully saturated rings. The maximum absolute atomic E-state index is 11.8. The Morgan fingerprint density at radius 2 is 2.05 bits per heavy atom. The highest BCUT2D eigenvalue weighted by Crippen LogP contribution is 2.15. The Balaban J connectivity index is 2.78. The summed E-state index contributed by atoms with van der Waals surface area (Å²) in [5.41, 5.74) is 1.85. The SMILES string of the molecule is C=CC(=O)NCCN(C(=O)C=C)c1cccc(C)c1. The lowest BCUT2D eigenvalue weighted by molar-refractivity contribution is -0.117. The van der Waals surface area contributed by atoms with Gasteiger partial charge < -0.3 is 10.2 Å². The highest BCUT2D eigenvalue weighted by Gasteiger charge is 2.12. The van der Waals surface area contributed by atoms with Crippen LogP contribution in [-0.2, 0) is 9.59 Å². The van der Waals surface area contributed by atoms with Gasteiger partial charge in [-0.3, -0.25) is 9.59 Å². The molecule has 0 aliphatic heterocycles. The molecule has 0 heterocycles. The highest BCUT2D eigenvalue weighted by atomic mass is 16.2. The summed E-state index contributed by atoms with van der Waals surface area (Å²) >= 11 is 0. The topological polar surface area (TPSA) is 49.4 Å². The van der Waals surface area contributed by atoms with Crippen LogP contribution in [-0.4, -0.2) is 24.9 Å². The summed E-state index contributed by atoms with van der Waals surface area (Å²) in [7, 11) is 0. The molecule has 0 bridgehead atoms. The second kappa shape index (κ2) is 7.16. The van der Waals surface area contributed by atoms with Crippen LogP contribution in [0.5, 0.6) is 0 Å². The molecule has 0 saturated carbocycles. The Bertz CT molecular complexity index is 495. The van der Waals surface area contributed by atoms with E-state index in [-0.39, 0.29) is 11.8 Å². The van der Waals surface area contributed by atoms with Crippen molar-refractivity contribution in [3.05, 3.63) is 55.1 Å². The third kappa shape index (κ3) is 4.43. The van der Waals surface area contributed by atoms with Crippen molar-refractivity contribution in [1.29, 1.82) is 0 Å². The number of rotatable bonds is 6. The number of carbonyl (C=O) groups is 2. The molecule has 1 aromatic rings. The molecule has 1 rings (SSSR count). The Hall–Kier alpha value is -2.36. The van der Waals surface area contributed by atoms with Crippen LogP contribution in [0, 0.1) is 6.92 Å². The number of anilines is 1. The second-order valence-electron chi connectivity index (χ2n) is 4.03. The number of amides is 2. The summed E-state index contributed by atoms with van der Waals surface area (Å²) in [6, 6.07) is 7.61. The van der Waals surface area contributed by atoms with E-state index in [1.165, 1.54) is 12.2 Å². The molecule has 2 amide bonds. The van der Waals surface area contributed by atoms with Gasteiger partial charge in [-0.1, -0.05) is 25.3 Å². The summed E-state index contributed by atoms with van der Waals surface area (Å²) in [5.74, 6) is -0.450. The van der Waals surface area contributed by atoms with E-state index in [1.807, 2.05) is 31.2 Å². The van der Waals surface area contributed by atoms with Crippen LogP contribution in [0.4, 0.5) is 5.69 Å². The molecule has 0 saturated heterocycles. The van der Waals surface area contributed by atoms with E-state index in [0.717, 1.165) is 11.3 Å². The van der Waals surface area contributed by atoms with Crippen LogP contribution in [0.3, 0.4) is 0 Å². The van der Waals surface area contributed by atoms with Gasteiger partial charge >= 0.3 is 0 Å². The monoisotopic (exact) mass is 258 g/mol. The summed E-state index contributed by atoms with van der Waals surface area (Å²) in [5, 5.41) is 2.64. The van der Waals surface area contributed by atoms with Crippen molar-refractivity contribution in [2.45, 2.75) is 6.92 Å². The van der Waals surface area contributed by atoms with E-state index < -0.39 is 0 Å². The Labute approximate surface area is 113 Å². The van der Waals surface area contributed by atoms with E-state index in [2.05, 4.69) is 18.5 Å². The first-order valence-corrected chi connectivity index (χ1v) is 5.99. The predicted molar refractivity (Wildman–Crippen MR) is 76.9 cm³/mol. The minimum atomic E-state index is -0.254. The third-order valence-corrected chi connectivity index (χ3v) is 2.57. The minimum absolute atomic E-state index is 0.196. The first kappa shape index (κ1) is 14.7. The fraction of sp³-hybridized carbons (Fsp3) is 0.200. The van der Waals surface area contributed by atoms with Crippen LogP contribution in [0.25, 0.3) is 0 Å². The molecule has 4 nitrogen and oxygen atoms in total. The van der Waals surface area contributed by atoms with E-state index in [4.69, 9.17) is 0 Å². The van der Waals surface area contributed by atoms with Crippen LogP contribution in [0.2, 0.25) is 0 Å². The number of aryl methyl sites for hydroxylation is 1. The van der Waals surface area contributed by atoms with E-state index >= 15 is 0 Å². The van der Waals surface area contributed by atoms with Gasteiger partial charge in [0, 0.05) is 18.8 Å². The molecule has 19 heavy (non-hydrogen) atoms. The third-order valence-electron chi connectivity index (χ3n) is 2.57. The zero-order valence-electron chi connectivity index (χ0n) is 11.1. The molecule has 0 aliphatic carbocycles. The lowest BCUT2D eigenvalue weighted by Crippen LogP contribution is -2.37. The van der Waals surface area contributed by atoms with E-state index in [9.17, 15) is 9.59 Å². The zero-order chi connectivity index (χ0) is 14.3. The van der Waals surface area contributed by atoms with Gasteiger partial charge in [-0.05, 0) is 36.8 Å². The number of benzene rings is 1. The molecular weight excluding hydrogens is 240 g/mol. The quantitative estimate of drug-likeness (QED) is 0.791. The summed E-state index contributed by atoms with van der Waals surface area (Å²) < 4.78 is 0. The maximum atomic E-state index is 11.8. The predicted octanol–water partition coefficient (Wildman–Crippen LogP) is 1.82. The van der Waals surface area contributed by atoms with Crippen LogP contribution in [0.15, 0.2) is 49.6 Å². The fourth-order valence-corrected chi connectivity index (χ4v) is 1.64. The number of hydrogen-bond acceptors (Lipinski definition) is 2. The zero-order valence-corrected chi connectivity index (χ0v) is 11.1. The van der Waals surface area contributed by atoms with Crippen molar-refractivity contribution >= 4 is 17.5 Å². The Morgan fingerprint density at radius 1 is 1.32 bits per heavy atom. The van der Waals surface area contributed by atoms with Gasteiger partial charge in [0.2, 0.25) is 11.8 Å². The molecule has 0 atom stereocenters. The second-order valence-corrected chi connectivity index (χ2v) is 4.03. The number of nitrogens with one attached hydrogen (secondary N) is 1. The van der Waals surface area contributed by atoms with Gasteiger partial charge in [-0.2, -0.15) is 0 Å². The van der Waals surface area contributed by atoms with Gasteiger partial charge in [0.25, 0.3) is 0 Å². The van der Waals surface area contributed by atoms with Gasteiger partial charge in [0.1, 0.15) is 0 Å². The smallest absolute Gasteiger partial charge is 0.250 e. The average Bonchev–Trinajstić information content (AvgIpc) is 2.42. The van der Waals surface area contributed by atoms with E-state index in [1.54, 1.807) is 4.90 Å². The van der Waals surface area contributed by atoms with Crippen molar-refractivity contribution < 1.29 is 9.59 Å². The molecule has 4 heteroatoms. The number of hydrogen-bond donors (Lipinski definition) is 1. The summed E-state index contributed by atoms with van der Waals surface area (Å²) in [6.07, 6.45) is 2.46. The number of carbonyl (C=O) groups excluding carboxylic acids is 2. The molecule has 0 spiro atoms. The largest absolute Gasteiger partial charge is 0.351 e. The van der Waals surface area contributed by atoms with Crippen molar-refractivity contribution in [2.24, 2.45) is 0 Å². The van der Waals surface area contributed by atoms with E-state index in [0.29, 0.717) is 13.1 Å². The molecule has 100 valence electrons. The Kier molecular flexibility index (Phi) is 5.54. The van der Waals surface area contributed by atoms with Crippen LogP contribution >= 0.6 is 0 Å².